The lowest BCUT2D eigenvalue weighted by molar-refractivity contribution is -0.130. The van der Waals surface area contributed by atoms with E-state index in [1.54, 1.807) is 12.4 Å². The molecule has 1 fully saturated rings. The molecular weight excluding hydrogens is 244 g/mol. The summed E-state index contributed by atoms with van der Waals surface area (Å²) in [6, 6.07) is -0.491. The van der Waals surface area contributed by atoms with Crippen LogP contribution in [0.25, 0.3) is 0 Å². The summed E-state index contributed by atoms with van der Waals surface area (Å²) in [6.07, 6.45) is 3.50. The number of amides is 1. The summed E-state index contributed by atoms with van der Waals surface area (Å²) in [5.41, 5.74) is 6.29. The molecule has 3 atom stereocenters. The van der Waals surface area contributed by atoms with Gasteiger partial charge in [-0.1, -0.05) is 0 Å². The number of aromatic nitrogens is 2. The van der Waals surface area contributed by atoms with Gasteiger partial charge in [0.25, 0.3) is 0 Å². The van der Waals surface area contributed by atoms with Crippen LogP contribution in [0.3, 0.4) is 0 Å². The lowest BCUT2D eigenvalue weighted by Gasteiger charge is -2.38. The van der Waals surface area contributed by atoms with Crippen LogP contribution in [0, 0.1) is 6.92 Å². The average molecular weight is 264 g/mol. The highest BCUT2D eigenvalue weighted by atomic mass is 16.5. The van der Waals surface area contributed by atoms with Gasteiger partial charge in [-0.25, -0.2) is 9.97 Å². The first kappa shape index (κ1) is 13.9. The number of nitrogens with zero attached hydrogens (tertiary/aromatic N) is 3. The minimum atomic E-state index is -0.491. The van der Waals surface area contributed by atoms with Crippen LogP contribution in [-0.4, -0.2) is 46.1 Å². The highest BCUT2D eigenvalue weighted by Gasteiger charge is 2.32. The Balaban J connectivity index is 2.24. The van der Waals surface area contributed by atoms with Gasteiger partial charge in [0.1, 0.15) is 11.9 Å². The molecule has 0 aliphatic carbocycles. The number of carbonyl (C=O) groups excluding carboxylic acids is 1. The smallest absolute Gasteiger partial charge is 0.239 e. The van der Waals surface area contributed by atoms with Crippen molar-refractivity contribution in [2.45, 2.75) is 39.0 Å². The molecule has 0 spiro atoms. The van der Waals surface area contributed by atoms with E-state index in [2.05, 4.69) is 9.97 Å². The number of carbonyl (C=O) groups is 1. The number of aryl methyl sites for hydroxylation is 1. The zero-order chi connectivity index (χ0) is 14.0. The van der Waals surface area contributed by atoms with E-state index >= 15 is 0 Å². The summed E-state index contributed by atoms with van der Waals surface area (Å²) in [5.74, 6) is 0.296. The molecule has 3 unspecified atom stereocenters. The number of primary amides is 1. The molecule has 0 bridgehead atoms. The third-order valence-electron chi connectivity index (χ3n) is 3.20. The van der Waals surface area contributed by atoms with Crippen LogP contribution in [0.2, 0.25) is 0 Å². The summed E-state index contributed by atoms with van der Waals surface area (Å²) in [5, 5.41) is 0. The topological polar surface area (TPSA) is 81.3 Å². The standard InChI is InChI=1S/C13H20N4O2/c1-8-6-17(7-9(2)19-8)12(13(14)18)11-4-15-10(3)16-5-11/h4-5,8-9,12H,6-7H2,1-3H3,(H2,14,18). The number of nitrogens with two attached hydrogens (primary N) is 1. The van der Waals surface area contributed by atoms with Gasteiger partial charge in [0, 0.05) is 31.0 Å². The average Bonchev–Trinajstić information content (AvgIpc) is 2.30. The van der Waals surface area contributed by atoms with Crippen molar-refractivity contribution in [3.05, 3.63) is 23.8 Å². The molecule has 2 N–H and O–H groups in total. The molecule has 0 radical (unpaired) electrons. The molecule has 2 heterocycles. The second-order valence-electron chi connectivity index (χ2n) is 5.08. The second-order valence-corrected chi connectivity index (χ2v) is 5.08. The van der Waals surface area contributed by atoms with Crippen LogP contribution in [0.15, 0.2) is 12.4 Å². The van der Waals surface area contributed by atoms with Gasteiger partial charge in [-0.05, 0) is 20.8 Å². The van der Waals surface area contributed by atoms with Crippen molar-refractivity contribution < 1.29 is 9.53 Å². The van der Waals surface area contributed by atoms with Crippen LogP contribution in [0.1, 0.15) is 31.3 Å². The molecule has 1 saturated heterocycles. The molecule has 6 heteroatoms. The molecule has 1 aromatic rings. The summed E-state index contributed by atoms with van der Waals surface area (Å²) in [4.78, 5) is 22.1. The molecule has 1 aromatic heterocycles. The van der Waals surface area contributed by atoms with Gasteiger partial charge in [0.2, 0.25) is 5.91 Å². The van der Waals surface area contributed by atoms with Gasteiger partial charge >= 0.3 is 0 Å². The van der Waals surface area contributed by atoms with Crippen LogP contribution < -0.4 is 5.73 Å². The maximum Gasteiger partial charge on any atom is 0.239 e. The summed E-state index contributed by atoms with van der Waals surface area (Å²) in [6.45, 7) is 7.14. The van der Waals surface area contributed by atoms with E-state index in [1.807, 2.05) is 25.7 Å². The monoisotopic (exact) mass is 264 g/mol. The van der Waals surface area contributed by atoms with Gasteiger partial charge < -0.3 is 10.5 Å². The highest BCUT2D eigenvalue weighted by molar-refractivity contribution is 5.81. The van der Waals surface area contributed by atoms with Crippen molar-refractivity contribution in [1.82, 2.24) is 14.9 Å². The van der Waals surface area contributed by atoms with Crippen LogP contribution in [0.5, 0.6) is 0 Å². The van der Waals surface area contributed by atoms with Crippen molar-refractivity contribution in [1.29, 1.82) is 0 Å². The summed E-state index contributed by atoms with van der Waals surface area (Å²) in [7, 11) is 0. The molecule has 0 saturated carbocycles. The van der Waals surface area contributed by atoms with Gasteiger partial charge in [-0.3, -0.25) is 9.69 Å². The number of ether oxygens (including phenoxy) is 1. The molecule has 19 heavy (non-hydrogen) atoms. The lowest BCUT2D eigenvalue weighted by atomic mass is 10.1. The highest BCUT2D eigenvalue weighted by Crippen LogP contribution is 2.23. The van der Waals surface area contributed by atoms with Gasteiger partial charge in [-0.15, -0.1) is 0 Å². The Morgan fingerprint density at radius 3 is 2.37 bits per heavy atom. The van der Waals surface area contributed by atoms with Gasteiger partial charge in [0.15, 0.2) is 0 Å². The maximum atomic E-state index is 11.8. The fraction of sp³-hybridized carbons (Fsp3) is 0.615. The fourth-order valence-corrected chi connectivity index (χ4v) is 2.53. The SMILES string of the molecule is Cc1ncc(C(C(N)=O)N2CC(C)OC(C)C2)cn1. The third-order valence-corrected chi connectivity index (χ3v) is 3.20. The van der Waals surface area contributed by atoms with Crippen molar-refractivity contribution in [2.24, 2.45) is 5.73 Å². The van der Waals surface area contributed by atoms with E-state index in [-0.39, 0.29) is 18.1 Å². The quantitative estimate of drug-likeness (QED) is 0.855. The molecule has 1 amide bonds. The molecule has 2 rings (SSSR count). The number of hydrogen-bond acceptors (Lipinski definition) is 5. The second kappa shape index (κ2) is 5.63. The van der Waals surface area contributed by atoms with Gasteiger partial charge in [-0.2, -0.15) is 0 Å². The van der Waals surface area contributed by atoms with Crippen molar-refractivity contribution in [2.75, 3.05) is 13.1 Å². The normalized spacial score (nSPS) is 26.1. The molecular formula is C13H20N4O2. The number of morpholine rings is 1. The van der Waals surface area contributed by atoms with E-state index in [9.17, 15) is 4.79 Å². The number of rotatable bonds is 3. The molecule has 1 aliphatic heterocycles. The summed E-state index contributed by atoms with van der Waals surface area (Å²) < 4.78 is 5.68. The van der Waals surface area contributed by atoms with Crippen LogP contribution in [0.4, 0.5) is 0 Å². The van der Waals surface area contributed by atoms with Crippen molar-refractivity contribution >= 4 is 5.91 Å². The van der Waals surface area contributed by atoms with Crippen molar-refractivity contribution in [3.8, 4) is 0 Å². The Hall–Kier alpha value is -1.53. The summed E-state index contributed by atoms with van der Waals surface area (Å²) >= 11 is 0. The predicted molar refractivity (Wildman–Crippen MR) is 70.3 cm³/mol. The first-order valence-corrected chi connectivity index (χ1v) is 6.44. The van der Waals surface area contributed by atoms with E-state index in [0.29, 0.717) is 18.9 Å². The zero-order valence-electron chi connectivity index (χ0n) is 11.5. The Morgan fingerprint density at radius 1 is 1.37 bits per heavy atom. The third kappa shape index (κ3) is 3.27. The first-order chi connectivity index (χ1) is 8.97. The zero-order valence-corrected chi connectivity index (χ0v) is 11.5. The lowest BCUT2D eigenvalue weighted by Crippen LogP contribution is -2.50. The van der Waals surface area contributed by atoms with Gasteiger partial charge in [0.05, 0.1) is 12.2 Å². The van der Waals surface area contributed by atoms with E-state index in [1.165, 1.54) is 0 Å². The molecule has 104 valence electrons. The Bertz CT molecular complexity index is 438. The number of hydrogen-bond donors (Lipinski definition) is 1. The molecule has 1 aliphatic rings. The minimum Gasteiger partial charge on any atom is -0.373 e. The molecule has 0 aromatic carbocycles. The Morgan fingerprint density at radius 2 is 1.89 bits per heavy atom. The van der Waals surface area contributed by atoms with E-state index in [4.69, 9.17) is 10.5 Å². The Kier molecular flexibility index (Phi) is 4.11. The Labute approximate surface area is 113 Å². The molecule has 6 nitrogen and oxygen atoms in total. The van der Waals surface area contributed by atoms with Crippen LogP contribution >= 0.6 is 0 Å². The first-order valence-electron chi connectivity index (χ1n) is 6.44. The minimum absolute atomic E-state index is 0.0805. The van der Waals surface area contributed by atoms with Crippen molar-refractivity contribution in [3.63, 3.8) is 0 Å². The fourth-order valence-electron chi connectivity index (χ4n) is 2.53. The largest absolute Gasteiger partial charge is 0.373 e. The predicted octanol–water partition coefficient (Wildman–Crippen LogP) is 0.421. The van der Waals surface area contributed by atoms with Crippen LogP contribution in [-0.2, 0) is 9.53 Å². The maximum absolute atomic E-state index is 11.8. The van der Waals surface area contributed by atoms with E-state index in [0.717, 1.165) is 5.56 Å². The van der Waals surface area contributed by atoms with E-state index < -0.39 is 6.04 Å².